The van der Waals surface area contributed by atoms with Gasteiger partial charge in [-0.3, -0.25) is 4.99 Å². The van der Waals surface area contributed by atoms with E-state index in [2.05, 4.69) is 56.3 Å². The molecule has 0 bridgehead atoms. The van der Waals surface area contributed by atoms with E-state index in [9.17, 15) is 0 Å². The summed E-state index contributed by atoms with van der Waals surface area (Å²) in [7, 11) is 1.82. The third kappa shape index (κ3) is 5.17. The van der Waals surface area contributed by atoms with Crippen LogP contribution in [0.15, 0.2) is 40.7 Å². The van der Waals surface area contributed by atoms with Crippen molar-refractivity contribution in [3.63, 3.8) is 0 Å². The van der Waals surface area contributed by atoms with E-state index < -0.39 is 0 Å². The molecule has 6 heteroatoms. The summed E-state index contributed by atoms with van der Waals surface area (Å²) in [5, 5.41) is 10.1. The van der Waals surface area contributed by atoms with Gasteiger partial charge in [-0.15, -0.1) is 35.3 Å². The Hall–Kier alpha value is -1.15. The van der Waals surface area contributed by atoms with Crippen molar-refractivity contribution in [3.05, 3.63) is 52.0 Å². The monoisotopic (exact) mass is 442 g/mol. The number of guanidine groups is 1. The van der Waals surface area contributed by atoms with Crippen LogP contribution < -0.4 is 10.6 Å². The summed E-state index contributed by atoms with van der Waals surface area (Å²) in [6.07, 6.45) is 2.10. The van der Waals surface area contributed by atoms with Crippen molar-refractivity contribution in [2.45, 2.75) is 31.7 Å². The van der Waals surface area contributed by atoms with Crippen LogP contribution in [0.1, 0.15) is 28.6 Å². The molecule has 1 saturated carbocycles. The highest BCUT2D eigenvalue weighted by atomic mass is 127. The lowest BCUT2D eigenvalue weighted by molar-refractivity contribution is 0.773. The fraction of sp³-hybridized carbons (Fsp3) is 0.412. The van der Waals surface area contributed by atoms with Gasteiger partial charge in [0, 0.05) is 37.4 Å². The molecule has 2 aromatic rings. The van der Waals surface area contributed by atoms with Crippen LogP contribution in [-0.2, 0) is 6.42 Å². The molecule has 1 fully saturated rings. The fourth-order valence-electron chi connectivity index (χ4n) is 2.63. The highest BCUT2D eigenvalue weighted by molar-refractivity contribution is 14.0. The molecule has 2 unspecified atom stereocenters. The molecule has 1 aliphatic carbocycles. The van der Waals surface area contributed by atoms with Crippen molar-refractivity contribution < 1.29 is 0 Å². The van der Waals surface area contributed by atoms with E-state index in [1.165, 1.54) is 12.0 Å². The molecule has 0 aliphatic heterocycles. The molecule has 0 amide bonds. The van der Waals surface area contributed by atoms with Crippen molar-refractivity contribution >= 4 is 41.3 Å². The molecular weight excluding hydrogens is 419 g/mol. The molecule has 0 radical (unpaired) electrons. The first-order chi connectivity index (χ1) is 10.8. The maximum atomic E-state index is 4.48. The van der Waals surface area contributed by atoms with Gasteiger partial charge in [0.25, 0.3) is 0 Å². The van der Waals surface area contributed by atoms with Crippen LogP contribution >= 0.6 is 35.3 Å². The van der Waals surface area contributed by atoms with E-state index in [0.29, 0.717) is 12.0 Å². The molecule has 2 atom stereocenters. The Bertz CT molecular complexity index is 641. The number of hydrogen-bond acceptors (Lipinski definition) is 3. The van der Waals surface area contributed by atoms with E-state index in [1.54, 1.807) is 11.3 Å². The van der Waals surface area contributed by atoms with Crippen molar-refractivity contribution in [2.24, 2.45) is 4.99 Å². The number of benzene rings is 1. The predicted molar refractivity (Wildman–Crippen MR) is 108 cm³/mol. The van der Waals surface area contributed by atoms with Crippen molar-refractivity contribution in [1.82, 2.24) is 15.6 Å². The van der Waals surface area contributed by atoms with E-state index >= 15 is 0 Å². The van der Waals surface area contributed by atoms with Crippen LogP contribution in [0.4, 0.5) is 0 Å². The van der Waals surface area contributed by atoms with Crippen LogP contribution in [0, 0.1) is 6.92 Å². The largest absolute Gasteiger partial charge is 0.356 e. The lowest BCUT2D eigenvalue weighted by atomic mass is 10.1. The van der Waals surface area contributed by atoms with Gasteiger partial charge in [-0.25, -0.2) is 4.98 Å². The number of aromatic nitrogens is 1. The third-order valence-corrected chi connectivity index (χ3v) is 4.73. The summed E-state index contributed by atoms with van der Waals surface area (Å²) in [5.74, 6) is 1.50. The first-order valence-electron chi connectivity index (χ1n) is 7.69. The zero-order valence-electron chi connectivity index (χ0n) is 13.5. The number of aryl methyl sites for hydroxylation is 1. The molecule has 3 rings (SSSR count). The van der Waals surface area contributed by atoms with Gasteiger partial charge in [0.1, 0.15) is 0 Å². The van der Waals surface area contributed by atoms with Gasteiger partial charge in [0.2, 0.25) is 0 Å². The van der Waals surface area contributed by atoms with Crippen LogP contribution in [0.3, 0.4) is 0 Å². The Balaban J connectivity index is 0.00000192. The summed E-state index contributed by atoms with van der Waals surface area (Å²) < 4.78 is 0. The molecule has 1 aromatic heterocycles. The van der Waals surface area contributed by atoms with Crippen LogP contribution in [0.25, 0.3) is 0 Å². The molecule has 0 saturated heterocycles. The molecule has 4 nitrogen and oxygen atoms in total. The number of nitrogens with one attached hydrogen (secondary N) is 2. The van der Waals surface area contributed by atoms with Crippen LogP contribution in [0.2, 0.25) is 0 Å². The Morgan fingerprint density at radius 1 is 1.35 bits per heavy atom. The Kier molecular flexibility index (Phi) is 6.83. The number of hydrogen-bond donors (Lipinski definition) is 2. The minimum absolute atomic E-state index is 0. The van der Waals surface area contributed by atoms with Gasteiger partial charge in [0.15, 0.2) is 5.96 Å². The van der Waals surface area contributed by atoms with E-state index in [0.717, 1.165) is 29.6 Å². The topological polar surface area (TPSA) is 49.3 Å². The molecule has 1 aromatic carbocycles. The van der Waals surface area contributed by atoms with Gasteiger partial charge >= 0.3 is 0 Å². The van der Waals surface area contributed by atoms with E-state index in [-0.39, 0.29) is 24.0 Å². The minimum Gasteiger partial charge on any atom is -0.356 e. The van der Waals surface area contributed by atoms with Crippen molar-refractivity contribution in [2.75, 3.05) is 13.6 Å². The van der Waals surface area contributed by atoms with Gasteiger partial charge in [-0.05, 0) is 18.9 Å². The average Bonchev–Trinajstić information content (AvgIpc) is 3.20. The minimum atomic E-state index is 0. The molecule has 1 heterocycles. The Morgan fingerprint density at radius 2 is 2.13 bits per heavy atom. The summed E-state index contributed by atoms with van der Waals surface area (Å²) in [4.78, 5) is 8.79. The van der Waals surface area contributed by atoms with Gasteiger partial charge < -0.3 is 10.6 Å². The lowest BCUT2D eigenvalue weighted by Crippen LogP contribution is -2.39. The normalized spacial score (nSPS) is 19.8. The number of nitrogens with zero attached hydrogens (tertiary/aromatic N) is 2. The summed E-state index contributed by atoms with van der Waals surface area (Å²) >= 11 is 1.70. The molecule has 0 spiro atoms. The second kappa shape index (κ2) is 8.63. The second-order valence-corrected chi connectivity index (χ2v) is 6.67. The van der Waals surface area contributed by atoms with E-state index in [4.69, 9.17) is 0 Å². The van der Waals surface area contributed by atoms with Crippen molar-refractivity contribution in [3.8, 4) is 0 Å². The van der Waals surface area contributed by atoms with Gasteiger partial charge in [-0.1, -0.05) is 30.3 Å². The van der Waals surface area contributed by atoms with Crippen molar-refractivity contribution in [1.29, 1.82) is 0 Å². The SMILES string of the molecule is CN=C(NCCc1csc(C)n1)NC1CC1c1ccccc1.I. The maximum absolute atomic E-state index is 4.48. The number of aliphatic imine (C=N–C) groups is 1. The van der Waals surface area contributed by atoms with E-state index in [1.807, 2.05) is 14.0 Å². The van der Waals surface area contributed by atoms with Crippen LogP contribution in [-0.4, -0.2) is 30.6 Å². The first kappa shape index (κ1) is 18.2. The summed E-state index contributed by atoms with van der Waals surface area (Å²) in [6, 6.07) is 11.2. The Morgan fingerprint density at radius 3 is 2.78 bits per heavy atom. The fourth-order valence-corrected chi connectivity index (χ4v) is 3.27. The highest BCUT2D eigenvalue weighted by Gasteiger charge is 2.38. The van der Waals surface area contributed by atoms with Crippen LogP contribution in [0.5, 0.6) is 0 Å². The summed E-state index contributed by atoms with van der Waals surface area (Å²) in [6.45, 7) is 2.89. The maximum Gasteiger partial charge on any atom is 0.191 e. The average molecular weight is 442 g/mol. The molecule has 1 aliphatic rings. The number of thiazole rings is 1. The number of rotatable bonds is 5. The lowest BCUT2D eigenvalue weighted by Gasteiger charge is -2.11. The van der Waals surface area contributed by atoms with Gasteiger partial charge in [0.05, 0.1) is 10.7 Å². The molecule has 124 valence electrons. The summed E-state index contributed by atoms with van der Waals surface area (Å²) in [5.41, 5.74) is 2.56. The smallest absolute Gasteiger partial charge is 0.191 e. The second-order valence-electron chi connectivity index (χ2n) is 5.61. The molecular formula is C17H23IN4S. The highest BCUT2D eigenvalue weighted by Crippen LogP contribution is 2.40. The Labute approximate surface area is 158 Å². The predicted octanol–water partition coefficient (Wildman–Crippen LogP) is 3.33. The zero-order valence-corrected chi connectivity index (χ0v) is 16.6. The third-order valence-electron chi connectivity index (χ3n) is 3.90. The zero-order chi connectivity index (χ0) is 15.4. The first-order valence-corrected chi connectivity index (χ1v) is 8.57. The standard InChI is InChI=1S/C17H22N4S.HI/c1-12-20-14(11-22-12)8-9-19-17(18-2)21-16-10-15(16)13-6-4-3-5-7-13;/h3-7,11,15-16H,8-10H2,1-2H3,(H2,18,19,21);1H. The van der Waals surface area contributed by atoms with Gasteiger partial charge in [-0.2, -0.15) is 0 Å². The molecule has 2 N–H and O–H groups in total. The molecule has 23 heavy (non-hydrogen) atoms. The quantitative estimate of drug-likeness (QED) is 0.425. The number of halogens is 1.